The van der Waals surface area contributed by atoms with E-state index in [1.807, 2.05) is 41.9 Å². The topological polar surface area (TPSA) is 50.1 Å². The van der Waals surface area contributed by atoms with Crippen molar-refractivity contribution in [2.45, 2.75) is 39.3 Å². The monoisotopic (exact) mass is 273 g/mol. The minimum Gasteiger partial charge on any atom is -0.395 e. The first-order chi connectivity index (χ1) is 9.61. The summed E-state index contributed by atoms with van der Waals surface area (Å²) in [6.45, 7) is 7.13. The Balaban J connectivity index is 2.24. The first kappa shape index (κ1) is 14.8. The highest BCUT2D eigenvalue weighted by atomic mass is 16.3. The van der Waals surface area contributed by atoms with E-state index in [-0.39, 0.29) is 12.6 Å². The van der Waals surface area contributed by atoms with Gasteiger partial charge in [-0.1, -0.05) is 32.0 Å². The van der Waals surface area contributed by atoms with E-state index in [4.69, 9.17) is 10.2 Å². The molecule has 0 saturated heterocycles. The summed E-state index contributed by atoms with van der Waals surface area (Å²) in [6, 6.07) is 10.2. The first-order valence-electron chi connectivity index (χ1n) is 7.10. The first-order valence-corrected chi connectivity index (χ1v) is 7.10. The maximum Gasteiger partial charge on any atom is 0.0699 e. The molecule has 2 aromatic rings. The third-order valence-electron chi connectivity index (χ3n) is 3.31. The zero-order valence-corrected chi connectivity index (χ0v) is 12.4. The van der Waals surface area contributed by atoms with Crippen molar-refractivity contribution in [3.63, 3.8) is 0 Å². The van der Waals surface area contributed by atoms with E-state index in [0.717, 1.165) is 17.9 Å². The van der Waals surface area contributed by atoms with Crippen molar-refractivity contribution in [1.82, 2.24) is 15.1 Å². The van der Waals surface area contributed by atoms with Gasteiger partial charge in [-0.3, -0.25) is 0 Å². The van der Waals surface area contributed by atoms with Crippen LogP contribution in [0.3, 0.4) is 0 Å². The van der Waals surface area contributed by atoms with E-state index in [2.05, 4.69) is 25.4 Å². The van der Waals surface area contributed by atoms with E-state index in [1.165, 1.54) is 5.56 Å². The maximum absolute atomic E-state index is 9.09. The average molecular weight is 273 g/mol. The Hall–Kier alpha value is -1.65. The Bertz CT molecular complexity index is 534. The molecule has 0 aliphatic carbocycles. The van der Waals surface area contributed by atoms with Crippen molar-refractivity contribution < 1.29 is 5.11 Å². The van der Waals surface area contributed by atoms with Gasteiger partial charge >= 0.3 is 0 Å². The number of aliphatic hydroxyl groups excluding tert-OH is 1. The summed E-state index contributed by atoms with van der Waals surface area (Å²) >= 11 is 0. The number of hydrogen-bond donors (Lipinski definition) is 2. The molecule has 1 aromatic carbocycles. The largest absolute Gasteiger partial charge is 0.395 e. The Morgan fingerprint density at radius 1 is 1.20 bits per heavy atom. The van der Waals surface area contributed by atoms with Crippen LogP contribution in [0.2, 0.25) is 0 Å². The van der Waals surface area contributed by atoms with Crippen molar-refractivity contribution in [3.05, 3.63) is 47.8 Å². The van der Waals surface area contributed by atoms with Crippen molar-refractivity contribution in [2.75, 3.05) is 6.61 Å². The lowest BCUT2D eigenvalue weighted by molar-refractivity contribution is 0.251. The fraction of sp³-hybridized carbons (Fsp3) is 0.438. The Morgan fingerprint density at radius 3 is 2.50 bits per heavy atom. The highest BCUT2D eigenvalue weighted by molar-refractivity contribution is 5.33. The highest BCUT2D eigenvalue weighted by Gasteiger charge is 2.13. The minimum atomic E-state index is 0.0927. The highest BCUT2D eigenvalue weighted by Crippen LogP contribution is 2.20. The molecule has 2 N–H and O–H groups in total. The molecule has 0 fully saturated rings. The summed E-state index contributed by atoms with van der Waals surface area (Å²) in [6.07, 6.45) is 2.07. The number of nitrogens with zero attached hydrogens (tertiary/aromatic N) is 2. The van der Waals surface area contributed by atoms with Gasteiger partial charge in [0, 0.05) is 24.3 Å². The van der Waals surface area contributed by atoms with Gasteiger partial charge in [0.2, 0.25) is 0 Å². The molecule has 0 aliphatic heterocycles. The molecule has 0 amide bonds. The lowest BCUT2D eigenvalue weighted by atomic mass is 10.1. The Morgan fingerprint density at radius 2 is 1.90 bits per heavy atom. The predicted octanol–water partition coefficient (Wildman–Crippen LogP) is 2.47. The summed E-state index contributed by atoms with van der Waals surface area (Å²) in [7, 11) is 0. The maximum atomic E-state index is 9.09. The fourth-order valence-electron chi connectivity index (χ4n) is 2.11. The van der Waals surface area contributed by atoms with Crippen LogP contribution in [-0.4, -0.2) is 27.5 Å². The number of para-hydroxylation sites is 1. The number of benzene rings is 1. The Labute approximate surface area is 120 Å². The van der Waals surface area contributed by atoms with Crippen molar-refractivity contribution in [1.29, 1.82) is 0 Å². The molecule has 1 heterocycles. The van der Waals surface area contributed by atoms with Crippen LogP contribution in [0.4, 0.5) is 0 Å². The molecule has 1 atom stereocenters. The van der Waals surface area contributed by atoms with E-state index < -0.39 is 0 Å². The van der Waals surface area contributed by atoms with Gasteiger partial charge in [0.25, 0.3) is 0 Å². The van der Waals surface area contributed by atoms with Gasteiger partial charge in [0.1, 0.15) is 0 Å². The molecular weight excluding hydrogens is 250 g/mol. The summed E-state index contributed by atoms with van der Waals surface area (Å²) in [5, 5.41) is 17.1. The average Bonchev–Trinajstić information content (AvgIpc) is 2.90. The van der Waals surface area contributed by atoms with Gasteiger partial charge in [-0.2, -0.15) is 5.10 Å². The molecule has 108 valence electrons. The lowest BCUT2D eigenvalue weighted by Gasteiger charge is -2.11. The molecular formula is C16H23N3O. The molecule has 0 unspecified atom stereocenters. The van der Waals surface area contributed by atoms with Crippen LogP contribution >= 0.6 is 0 Å². The number of aromatic nitrogens is 2. The third-order valence-corrected chi connectivity index (χ3v) is 3.31. The normalized spacial score (nSPS) is 12.8. The van der Waals surface area contributed by atoms with Crippen molar-refractivity contribution >= 4 is 0 Å². The van der Waals surface area contributed by atoms with Crippen LogP contribution < -0.4 is 5.32 Å². The molecule has 0 bridgehead atoms. The number of hydrogen-bond acceptors (Lipinski definition) is 3. The van der Waals surface area contributed by atoms with E-state index in [9.17, 15) is 0 Å². The van der Waals surface area contributed by atoms with Gasteiger partial charge in [-0.25, -0.2) is 4.68 Å². The van der Waals surface area contributed by atoms with Crippen LogP contribution in [0.5, 0.6) is 0 Å². The molecule has 2 rings (SSSR count). The summed E-state index contributed by atoms with van der Waals surface area (Å²) < 4.78 is 1.93. The van der Waals surface area contributed by atoms with Crippen LogP contribution in [-0.2, 0) is 6.54 Å². The van der Waals surface area contributed by atoms with Gasteiger partial charge in [-0.05, 0) is 25.0 Å². The second-order valence-corrected chi connectivity index (χ2v) is 5.44. The fourth-order valence-corrected chi connectivity index (χ4v) is 2.11. The smallest absolute Gasteiger partial charge is 0.0699 e. The van der Waals surface area contributed by atoms with E-state index >= 15 is 0 Å². The standard InChI is InChI=1S/C16H23N3O/c1-12(2)16-14(9-17-13(3)11-20)10-19(18-16)15-7-5-4-6-8-15/h4-8,10,12-13,17,20H,9,11H2,1-3H3/t13-/m1/s1. The van der Waals surface area contributed by atoms with E-state index in [0.29, 0.717) is 5.92 Å². The lowest BCUT2D eigenvalue weighted by Crippen LogP contribution is -2.28. The number of nitrogens with one attached hydrogen (secondary N) is 1. The molecule has 0 radical (unpaired) electrons. The second kappa shape index (κ2) is 6.68. The van der Waals surface area contributed by atoms with Crippen molar-refractivity contribution in [3.8, 4) is 5.69 Å². The summed E-state index contributed by atoms with van der Waals surface area (Å²) in [5.74, 6) is 0.376. The number of aliphatic hydroxyl groups is 1. The van der Waals surface area contributed by atoms with Crippen LogP contribution in [0.1, 0.15) is 37.9 Å². The molecule has 4 nitrogen and oxygen atoms in total. The van der Waals surface area contributed by atoms with Crippen LogP contribution in [0.15, 0.2) is 36.5 Å². The van der Waals surface area contributed by atoms with Crippen molar-refractivity contribution in [2.24, 2.45) is 0 Å². The molecule has 20 heavy (non-hydrogen) atoms. The second-order valence-electron chi connectivity index (χ2n) is 5.44. The summed E-state index contributed by atoms with van der Waals surface area (Å²) in [5.41, 5.74) is 3.35. The van der Waals surface area contributed by atoms with Gasteiger partial charge in [0.05, 0.1) is 18.0 Å². The molecule has 4 heteroatoms. The van der Waals surface area contributed by atoms with Crippen LogP contribution in [0.25, 0.3) is 5.69 Å². The predicted molar refractivity (Wildman–Crippen MR) is 81.0 cm³/mol. The minimum absolute atomic E-state index is 0.0927. The summed E-state index contributed by atoms with van der Waals surface area (Å²) in [4.78, 5) is 0. The Kier molecular flexibility index (Phi) is 4.93. The molecule has 0 aliphatic rings. The SMILES string of the molecule is CC(C)c1nn(-c2ccccc2)cc1CN[C@H](C)CO. The zero-order valence-electron chi connectivity index (χ0n) is 12.4. The third kappa shape index (κ3) is 3.46. The quantitative estimate of drug-likeness (QED) is 0.850. The molecule has 0 saturated carbocycles. The van der Waals surface area contributed by atoms with Gasteiger partial charge < -0.3 is 10.4 Å². The van der Waals surface area contributed by atoms with Gasteiger partial charge in [-0.15, -0.1) is 0 Å². The molecule has 0 spiro atoms. The van der Waals surface area contributed by atoms with Crippen LogP contribution in [0, 0.1) is 0 Å². The number of rotatable bonds is 6. The zero-order chi connectivity index (χ0) is 14.5. The molecule has 1 aromatic heterocycles. The van der Waals surface area contributed by atoms with Gasteiger partial charge in [0.15, 0.2) is 0 Å². The van der Waals surface area contributed by atoms with E-state index in [1.54, 1.807) is 0 Å².